The van der Waals surface area contributed by atoms with Gasteiger partial charge < -0.3 is 15.4 Å². The Morgan fingerprint density at radius 2 is 1.64 bits per heavy atom. The van der Waals surface area contributed by atoms with Gasteiger partial charge >= 0.3 is 5.97 Å². The molecule has 0 atom stereocenters. The van der Waals surface area contributed by atoms with E-state index in [2.05, 4.69) is 15.6 Å². The standard InChI is InChI=1S/C22H21N3O3/c1-14-10-15(2)12-17(11-14)25-21(26)20-9-8-16(13-23-20)24-19-7-5-4-6-18(19)22(27)28-3/h4-13,24H,1-3H3,(H,25,26). The molecule has 2 aromatic carbocycles. The van der Waals surface area contributed by atoms with E-state index in [9.17, 15) is 9.59 Å². The second-order valence-electron chi connectivity index (χ2n) is 6.42. The lowest BCUT2D eigenvalue weighted by atomic mass is 10.1. The van der Waals surface area contributed by atoms with Crippen molar-refractivity contribution in [2.24, 2.45) is 0 Å². The molecule has 0 aliphatic carbocycles. The van der Waals surface area contributed by atoms with E-state index in [1.165, 1.54) is 7.11 Å². The number of esters is 1. The largest absolute Gasteiger partial charge is 0.465 e. The van der Waals surface area contributed by atoms with Crippen molar-refractivity contribution < 1.29 is 14.3 Å². The van der Waals surface area contributed by atoms with Gasteiger partial charge in [-0.1, -0.05) is 18.2 Å². The fourth-order valence-corrected chi connectivity index (χ4v) is 2.88. The zero-order chi connectivity index (χ0) is 20.1. The van der Waals surface area contributed by atoms with Crippen LogP contribution in [0.5, 0.6) is 0 Å². The van der Waals surface area contributed by atoms with Crippen LogP contribution >= 0.6 is 0 Å². The molecular weight excluding hydrogens is 354 g/mol. The van der Waals surface area contributed by atoms with Crippen molar-refractivity contribution in [3.8, 4) is 0 Å². The first-order valence-electron chi connectivity index (χ1n) is 8.76. The molecule has 0 aliphatic heterocycles. The molecule has 1 aromatic heterocycles. The molecule has 0 radical (unpaired) electrons. The maximum absolute atomic E-state index is 12.4. The van der Waals surface area contributed by atoms with Crippen molar-refractivity contribution in [2.45, 2.75) is 13.8 Å². The number of methoxy groups -OCH3 is 1. The molecular formula is C22H21N3O3. The number of ether oxygens (including phenoxy) is 1. The summed E-state index contributed by atoms with van der Waals surface area (Å²) in [5.74, 6) is -0.716. The van der Waals surface area contributed by atoms with Crippen molar-refractivity contribution in [3.63, 3.8) is 0 Å². The number of rotatable bonds is 5. The summed E-state index contributed by atoms with van der Waals surface area (Å²) < 4.78 is 4.79. The number of nitrogens with one attached hydrogen (secondary N) is 2. The monoisotopic (exact) mass is 375 g/mol. The molecule has 6 heteroatoms. The predicted octanol–water partition coefficient (Wildman–Crippen LogP) is 4.48. The predicted molar refractivity (Wildman–Crippen MR) is 109 cm³/mol. The minimum atomic E-state index is -0.430. The van der Waals surface area contributed by atoms with E-state index in [0.717, 1.165) is 16.8 Å². The fraction of sp³-hybridized carbons (Fsp3) is 0.136. The van der Waals surface area contributed by atoms with Crippen LogP contribution < -0.4 is 10.6 Å². The van der Waals surface area contributed by atoms with Crippen molar-refractivity contribution in [1.82, 2.24) is 4.98 Å². The Kier molecular flexibility index (Phi) is 5.69. The lowest BCUT2D eigenvalue weighted by Gasteiger charge is -2.11. The van der Waals surface area contributed by atoms with Crippen LogP contribution in [0.2, 0.25) is 0 Å². The molecule has 0 bridgehead atoms. The Balaban J connectivity index is 1.73. The second-order valence-corrected chi connectivity index (χ2v) is 6.42. The van der Waals surface area contributed by atoms with Gasteiger partial charge in [-0.15, -0.1) is 0 Å². The summed E-state index contributed by atoms with van der Waals surface area (Å²) in [7, 11) is 1.34. The summed E-state index contributed by atoms with van der Waals surface area (Å²) in [6.07, 6.45) is 1.55. The average molecular weight is 375 g/mol. The molecule has 2 N–H and O–H groups in total. The molecule has 1 amide bonds. The number of anilines is 3. The van der Waals surface area contributed by atoms with E-state index in [0.29, 0.717) is 22.6 Å². The second kappa shape index (κ2) is 8.35. The first kappa shape index (κ1) is 19.1. The van der Waals surface area contributed by atoms with E-state index in [4.69, 9.17) is 4.74 Å². The zero-order valence-corrected chi connectivity index (χ0v) is 15.9. The third-order valence-corrected chi connectivity index (χ3v) is 4.09. The number of amides is 1. The molecule has 6 nitrogen and oxygen atoms in total. The number of carbonyl (C=O) groups is 2. The molecule has 0 saturated carbocycles. The van der Waals surface area contributed by atoms with Crippen LogP contribution in [0.3, 0.4) is 0 Å². The SMILES string of the molecule is COC(=O)c1ccccc1Nc1ccc(C(=O)Nc2cc(C)cc(C)c2)nc1. The number of aromatic nitrogens is 1. The number of para-hydroxylation sites is 1. The fourth-order valence-electron chi connectivity index (χ4n) is 2.88. The summed E-state index contributed by atoms with van der Waals surface area (Å²) in [5, 5.41) is 5.98. The smallest absolute Gasteiger partial charge is 0.339 e. The number of benzene rings is 2. The number of pyridine rings is 1. The molecule has 3 rings (SSSR count). The number of aryl methyl sites for hydroxylation is 2. The van der Waals surface area contributed by atoms with E-state index in [1.54, 1.807) is 36.5 Å². The quantitative estimate of drug-likeness (QED) is 0.643. The van der Waals surface area contributed by atoms with Crippen molar-refractivity contribution in [2.75, 3.05) is 17.7 Å². The van der Waals surface area contributed by atoms with E-state index >= 15 is 0 Å². The molecule has 0 aliphatic rings. The maximum Gasteiger partial charge on any atom is 0.339 e. The zero-order valence-electron chi connectivity index (χ0n) is 15.9. The Labute approximate surface area is 163 Å². The number of nitrogens with zero attached hydrogens (tertiary/aromatic N) is 1. The summed E-state index contributed by atoms with van der Waals surface area (Å²) in [5.41, 5.74) is 4.85. The van der Waals surface area contributed by atoms with Gasteiger partial charge in [-0.2, -0.15) is 0 Å². The minimum absolute atomic E-state index is 0.286. The minimum Gasteiger partial charge on any atom is -0.465 e. The summed E-state index contributed by atoms with van der Waals surface area (Å²) in [6, 6.07) is 16.2. The normalized spacial score (nSPS) is 10.2. The highest BCUT2D eigenvalue weighted by Crippen LogP contribution is 2.21. The molecule has 0 saturated heterocycles. The van der Waals surface area contributed by atoms with Crippen LogP contribution in [0.25, 0.3) is 0 Å². The van der Waals surface area contributed by atoms with Gasteiger partial charge in [-0.05, 0) is 61.4 Å². The summed E-state index contributed by atoms with van der Waals surface area (Å²) in [6.45, 7) is 3.96. The van der Waals surface area contributed by atoms with Crippen LogP contribution in [-0.4, -0.2) is 24.0 Å². The van der Waals surface area contributed by atoms with Gasteiger partial charge in [0.15, 0.2) is 0 Å². The molecule has 0 spiro atoms. The van der Waals surface area contributed by atoms with E-state index < -0.39 is 5.97 Å². The van der Waals surface area contributed by atoms with Gasteiger partial charge in [0.1, 0.15) is 5.69 Å². The van der Waals surface area contributed by atoms with Crippen LogP contribution in [-0.2, 0) is 4.74 Å². The van der Waals surface area contributed by atoms with Crippen LogP contribution in [0.1, 0.15) is 32.0 Å². The van der Waals surface area contributed by atoms with Gasteiger partial charge in [-0.25, -0.2) is 9.78 Å². The van der Waals surface area contributed by atoms with Crippen LogP contribution in [0.4, 0.5) is 17.1 Å². The Bertz CT molecular complexity index is 994. The first-order valence-corrected chi connectivity index (χ1v) is 8.76. The molecule has 0 fully saturated rings. The van der Waals surface area contributed by atoms with Crippen LogP contribution in [0, 0.1) is 13.8 Å². The van der Waals surface area contributed by atoms with E-state index in [-0.39, 0.29) is 5.91 Å². The Morgan fingerprint density at radius 3 is 2.29 bits per heavy atom. The van der Waals surface area contributed by atoms with Crippen molar-refractivity contribution in [3.05, 3.63) is 83.2 Å². The highest BCUT2D eigenvalue weighted by atomic mass is 16.5. The lowest BCUT2D eigenvalue weighted by Crippen LogP contribution is -2.14. The van der Waals surface area contributed by atoms with E-state index in [1.807, 2.05) is 38.1 Å². The van der Waals surface area contributed by atoms with Gasteiger partial charge in [0, 0.05) is 5.69 Å². The highest BCUT2D eigenvalue weighted by Gasteiger charge is 2.12. The molecule has 3 aromatic rings. The lowest BCUT2D eigenvalue weighted by molar-refractivity contribution is 0.0601. The van der Waals surface area contributed by atoms with Gasteiger partial charge in [0.05, 0.1) is 30.2 Å². The highest BCUT2D eigenvalue weighted by molar-refractivity contribution is 6.03. The molecule has 28 heavy (non-hydrogen) atoms. The molecule has 142 valence electrons. The summed E-state index contributed by atoms with van der Waals surface area (Å²) in [4.78, 5) is 28.5. The Hall–Kier alpha value is -3.67. The van der Waals surface area contributed by atoms with Crippen molar-refractivity contribution in [1.29, 1.82) is 0 Å². The topological polar surface area (TPSA) is 80.3 Å². The molecule has 1 heterocycles. The summed E-state index contributed by atoms with van der Waals surface area (Å²) >= 11 is 0. The maximum atomic E-state index is 12.4. The number of hydrogen-bond acceptors (Lipinski definition) is 5. The average Bonchev–Trinajstić information content (AvgIpc) is 2.67. The van der Waals surface area contributed by atoms with Gasteiger partial charge in [-0.3, -0.25) is 4.79 Å². The Morgan fingerprint density at radius 1 is 0.929 bits per heavy atom. The number of hydrogen-bond donors (Lipinski definition) is 2. The van der Waals surface area contributed by atoms with Crippen molar-refractivity contribution >= 4 is 28.9 Å². The van der Waals surface area contributed by atoms with Gasteiger partial charge in [0.25, 0.3) is 5.91 Å². The van der Waals surface area contributed by atoms with Crippen LogP contribution in [0.15, 0.2) is 60.8 Å². The van der Waals surface area contributed by atoms with Gasteiger partial charge in [0.2, 0.25) is 0 Å². The number of carbonyl (C=O) groups excluding carboxylic acids is 2. The molecule has 0 unspecified atom stereocenters. The first-order chi connectivity index (χ1) is 13.5. The third kappa shape index (κ3) is 4.54. The third-order valence-electron chi connectivity index (χ3n) is 4.09.